The molecule has 140 valence electrons. The fourth-order valence-corrected chi connectivity index (χ4v) is 2.76. The molecule has 3 rings (SSSR count). The van der Waals surface area contributed by atoms with Gasteiger partial charge in [-0.25, -0.2) is 14.4 Å². The highest BCUT2D eigenvalue weighted by Crippen LogP contribution is 2.22. The van der Waals surface area contributed by atoms with Crippen LogP contribution in [0.2, 0.25) is 0 Å². The molecule has 27 heavy (non-hydrogen) atoms. The zero-order valence-corrected chi connectivity index (χ0v) is 16.0. The second-order valence-electron chi connectivity index (χ2n) is 7.38. The molecule has 0 aliphatic heterocycles. The van der Waals surface area contributed by atoms with Crippen LogP contribution in [0.5, 0.6) is 0 Å². The molecule has 0 fully saturated rings. The number of pyridine rings is 1. The Labute approximate surface area is 158 Å². The first-order chi connectivity index (χ1) is 12.8. The molecule has 0 saturated heterocycles. The number of rotatable bonds is 4. The molecule has 0 atom stereocenters. The van der Waals surface area contributed by atoms with E-state index < -0.39 is 0 Å². The van der Waals surface area contributed by atoms with Gasteiger partial charge in [-0.15, -0.1) is 0 Å². The Bertz CT molecular complexity index is 955. The summed E-state index contributed by atoms with van der Waals surface area (Å²) < 4.78 is 15.2. The van der Waals surface area contributed by atoms with Gasteiger partial charge >= 0.3 is 0 Å². The van der Waals surface area contributed by atoms with Crippen LogP contribution in [-0.2, 0) is 6.42 Å². The Morgan fingerprint density at radius 1 is 1.19 bits per heavy atom. The zero-order valence-electron chi connectivity index (χ0n) is 16.0. The molecule has 1 N–H and O–H groups in total. The number of imidazole rings is 1. The number of nitrogens with zero attached hydrogens (tertiary/aromatic N) is 3. The second kappa shape index (κ2) is 7.31. The Kier molecular flexibility index (Phi) is 5.08. The lowest BCUT2D eigenvalue weighted by Crippen LogP contribution is -2.40. The van der Waals surface area contributed by atoms with E-state index >= 15 is 0 Å². The topological polar surface area (TPSA) is 59.8 Å². The quantitative estimate of drug-likeness (QED) is 0.754. The maximum Gasteiger partial charge on any atom is 0.251 e. The smallest absolute Gasteiger partial charge is 0.251 e. The summed E-state index contributed by atoms with van der Waals surface area (Å²) in [6.07, 6.45) is 4.26. The SMILES string of the molecule is CCc1nccn1-c1cc(C(=O)NC(C)(C)C)cc(-c2ccc(F)cc2)n1. The maximum atomic E-state index is 13.3. The Morgan fingerprint density at radius 2 is 1.89 bits per heavy atom. The maximum absolute atomic E-state index is 13.3. The molecule has 2 aromatic heterocycles. The normalized spacial score (nSPS) is 11.4. The van der Waals surface area contributed by atoms with Gasteiger partial charge in [-0.05, 0) is 57.2 Å². The summed E-state index contributed by atoms with van der Waals surface area (Å²) >= 11 is 0. The number of benzene rings is 1. The number of aromatic nitrogens is 3. The van der Waals surface area contributed by atoms with Gasteiger partial charge < -0.3 is 5.32 Å². The minimum absolute atomic E-state index is 0.187. The van der Waals surface area contributed by atoms with Crippen molar-refractivity contribution in [2.45, 2.75) is 39.7 Å². The van der Waals surface area contributed by atoms with Crippen LogP contribution in [-0.4, -0.2) is 26.0 Å². The molecule has 5 nitrogen and oxygen atoms in total. The molecule has 2 heterocycles. The van der Waals surface area contributed by atoms with Crippen LogP contribution in [0.25, 0.3) is 17.1 Å². The highest BCUT2D eigenvalue weighted by Gasteiger charge is 2.18. The van der Waals surface area contributed by atoms with Crippen molar-refractivity contribution in [1.82, 2.24) is 19.9 Å². The summed E-state index contributed by atoms with van der Waals surface area (Å²) in [6.45, 7) is 7.80. The predicted molar refractivity (Wildman–Crippen MR) is 103 cm³/mol. The van der Waals surface area contributed by atoms with Crippen molar-refractivity contribution in [2.24, 2.45) is 0 Å². The van der Waals surface area contributed by atoms with Crippen LogP contribution in [0.4, 0.5) is 4.39 Å². The summed E-state index contributed by atoms with van der Waals surface area (Å²) in [7, 11) is 0. The molecule has 0 radical (unpaired) electrons. The second-order valence-corrected chi connectivity index (χ2v) is 7.38. The molecule has 0 aliphatic rings. The fraction of sp³-hybridized carbons (Fsp3) is 0.286. The van der Waals surface area contributed by atoms with E-state index in [1.807, 2.05) is 38.5 Å². The number of carbonyl (C=O) groups is 1. The summed E-state index contributed by atoms with van der Waals surface area (Å²) in [4.78, 5) is 21.8. The number of aryl methyl sites for hydroxylation is 1. The molecular formula is C21H23FN4O. The third-order valence-electron chi connectivity index (χ3n) is 3.98. The van der Waals surface area contributed by atoms with Crippen molar-refractivity contribution in [1.29, 1.82) is 0 Å². The van der Waals surface area contributed by atoms with E-state index in [9.17, 15) is 9.18 Å². The van der Waals surface area contributed by atoms with Gasteiger partial charge in [0.25, 0.3) is 5.91 Å². The lowest BCUT2D eigenvalue weighted by atomic mass is 10.1. The van der Waals surface area contributed by atoms with E-state index in [2.05, 4.69) is 15.3 Å². The molecule has 1 aromatic carbocycles. The van der Waals surface area contributed by atoms with Gasteiger partial charge in [0.2, 0.25) is 0 Å². The highest BCUT2D eigenvalue weighted by atomic mass is 19.1. The standard InChI is InChI=1S/C21H23FN4O/c1-5-18-23-10-11-26(18)19-13-15(20(27)25-21(2,3)4)12-17(24-19)14-6-8-16(22)9-7-14/h6-13H,5H2,1-4H3,(H,25,27). The van der Waals surface area contributed by atoms with Crippen LogP contribution in [0, 0.1) is 5.82 Å². The Morgan fingerprint density at radius 3 is 2.52 bits per heavy atom. The van der Waals surface area contributed by atoms with Crippen LogP contribution in [0.3, 0.4) is 0 Å². The largest absolute Gasteiger partial charge is 0.347 e. The number of halogens is 1. The molecule has 0 bridgehead atoms. The number of carbonyl (C=O) groups excluding carboxylic acids is 1. The Balaban J connectivity index is 2.13. The van der Waals surface area contributed by atoms with Crippen molar-refractivity contribution in [3.8, 4) is 17.1 Å². The molecule has 0 unspecified atom stereocenters. The van der Waals surface area contributed by atoms with E-state index in [-0.39, 0.29) is 17.3 Å². The lowest BCUT2D eigenvalue weighted by molar-refractivity contribution is 0.0919. The lowest BCUT2D eigenvalue weighted by Gasteiger charge is -2.21. The van der Waals surface area contributed by atoms with Crippen LogP contribution in [0.1, 0.15) is 43.9 Å². The number of nitrogens with one attached hydrogen (secondary N) is 1. The van der Waals surface area contributed by atoms with Crippen molar-refractivity contribution in [3.63, 3.8) is 0 Å². The average molecular weight is 366 g/mol. The van der Waals surface area contributed by atoms with E-state index in [0.717, 1.165) is 17.8 Å². The van der Waals surface area contributed by atoms with Gasteiger partial charge in [0.15, 0.2) is 0 Å². The van der Waals surface area contributed by atoms with Gasteiger partial charge in [0.05, 0.1) is 5.69 Å². The number of hydrogen-bond acceptors (Lipinski definition) is 3. The van der Waals surface area contributed by atoms with Crippen molar-refractivity contribution in [3.05, 3.63) is 66.0 Å². The summed E-state index contributed by atoms with van der Waals surface area (Å²) in [5.74, 6) is 0.947. The zero-order chi connectivity index (χ0) is 19.6. The van der Waals surface area contributed by atoms with Crippen LogP contribution < -0.4 is 5.32 Å². The third-order valence-corrected chi connectivity index (χ3v) is 3.98. The van der Waals surface area contributed by atoms with E-state index in [1.165, 1.54) is 12.1 Å². The van der Waals surface area contributed by atoms with E-state index in [1.54, 1.807) is 30.5 Å². The molecule has 6 heteroatoms. The van der Waals surface area contributed by atoms with Crippen LogP contribution in [0.15, 0.2) is 48.8 Å². The van der Waals surface area contributed by atoms with E-state index in [4.69, 9.17) is 0 Å². The van der Waals surface area contributed by atoms with Gasteiger partial charge in [0, 0.05) is 35.5 Å². The minimum atomic E-state index is -0.361. The number of amides is 1. The van der Waals surface area contributed by atoms with Crippen molar-refractivity contribution >= 4 is 5.91 Å². The molecule has 0 aliphatic carbocycles. The predicted octanol–water partition coefficient (Wildman–Crippen LogP) is 4.16. The molecule has 1 amide bonds. The molecular weight excluding hydrogens is 343 g/mol. The highest BCUT2D eigenvalue weighted by molar-refractivity contribution is 5.96. The number of hydrogen-bond donors (Lipinski definition) is 1. The Hall–Kier alpha value is -3.02. The molecule has 3 aromatic rings. The van der Waals surface area contributed by atoms with Gasteiger partial charge in [-0.3, -0.25) is 9.36 Å². The van der Waals surface area contributed by atoms with Crippen molar-refractivity contribution < 1.29 is 9.18 Å². The fourth-order valence-electron chi connectivity index (χ4n) is 2.76. The average Bonchev–Trinajstić information content (AvgIpc) is 3.09. The monoisotopic (exact) mass is 366 g/mol. The summed E-state index contributed by atoms with van der Waals surface area (Å²) in [6, 6.07) is 9.54. The first-order valence-corrected chi connectivity index (χ1v) is 8.90. The first-order valence-electron chi connectivity index (χ1n) is 8.90. The summed E-state index contributed by atoms with van der Waals surface area (Å²) in [5.41, 5.74) is 1.47. The van der Waals surface area contributed by atoms with Gasteiger partial charge in [0.1, 0.15) is 17.5 Å². The molecule has 0 spiro atoms. The summed E-state index contributed by atoms with van der Waals surface area (Å²) in [5, 5.41) is 2.97. The van der Waals surface area contributed by atoms with E-state index in [0.29, 0.717) is 17.1 Å². The molecule has 0 saturated carbocycles. The van der Waals surface area contributed by atoms with Gasteiger partial charge in [-0.1, -0.05) is 6.92 Å². The van der Waals surface area contributed by atoms with Gasteiger partial charge in [-0.2, -0.15) is 0 Å². The first kappa shape index (κ1) is 18.8. The van der Waals surface area contributed by atoms with Crippen molar-refractivity contribution in [2.75, 3.05) is 0 Å². The minimum Gasteiger partial charge on any atom is -0.347 e. The third kappa shape index (κ3) is 4.39. The van der Waals surface area contributed by atoms with Crippen LogP contribution >= 0.6 is 0 Å².